The molecule has 0 saturated heterocycles. The summed E-state index contributed by atoms with van der Waals surface area (Å²) >= 11 is 0. The van der Waals surface area contributed by atoms with Crippen LogP contribution in [0.2, 0.25) is 0 Å². The van der Waals surface area contributed by atoms with E-state index >= 15 is 0 Å². The van der Waals surface area contributed by atoms with Crippen LogP contribution in [0.4, 0.5) is 0 Å². The minimum atomic E-state index is -0.962. The zero-order valence-electron chi connectivity index (χ0n) is 8.81. The van der Waals surface area contributed by atoms with Gasteiger partial charge in [-0.25, -0.2) is 0 Å². The topological polar surface area (TPSA) is 37.3 Å². The second-order valence-corrected chi connectivity index (χ2v) is 3.52. The quantitative estimate of drug-likeness (QED) is 0.682. The monoisotopic (exact) mass is 212 g/mol. The summed E-state index contributed by atoms with van der Waals surface area (Å²) in [6.45, 7) is 6.00. The molecule has 1 aliphatic carbocycles. The first-order valence-corrected chi connectivity index (χ1v) is 5.03. The molecular formula is C14H12O2. The Balaban J connectivity index is 0.000000457. The SMILES string of the molecule is C=C.O=C1c2cccc3cccc(c23)C1O. The third-order valence-corrected chi connectivity index (χ3v) is 2.75. The number of rotatable bonds is 0. The lowest BCUT2D eigenvalue weighted by atomic mass is 10.1. The van der Waals surface area contributed by atoms with Crippen molar-refractivity contribution in [3.63, 3.8) is 0 Å². The highest BCUT2D eigenvalue weighted by Crippen LogP contribution is 2.36. The fraction of sp³-hybridized carbons (Fsp3) is 0.0714. The molecule has 0 radical (unpaired) electrons. The van der Waals surface area contributed by atoms with Crippen molar-refractivity contribution in [2.24, 2.45) is 0 Å². The molecule has 1 aliphatic rings. The Morgan fingerprint density at radius 1 is 1.06 bits per heavy atom. The molecule has 0 aromatic heterocycles. The molecule has 0 saturated carbocycles. The number of hydrogen-bond acceptors (Lipinski definition) is 2. The molecule has 0 spiro atoms. The van der Waals surface area contributed by atoms with Crippen molar-refractivity contribution >= 4 is 16.6 Å². The first-order valence-electron chi connectivity index (χ1n) is 5.03. The maximum Gasteiger partial charge on any atom is 0.196 e. The van der Waals surface area contributed by atoms with Crippen LogP contribution in [0.5, 0.6) is 0 Å². The van der Waals surface area contributed by atoms with Gasteiger partial charge in [0.25, 0.3) is 0 Å². The molecule has 1 unspecified atom stereocenters. The van der Waals surface area contributed by atoms with Crippen LogP contribution in [0.15, 0.2) is 49.6 Å². The van der Waals surface area contributed by atoms with Gasteiger partial charge in [0.15, 0.2) is 5.78 Å². The van der Waals surface area contributed by atoms with E-state index in [-0.39, 0.29) is 5.78 Å². The normalized spacial score (nSPS) is 17.1. The van der Waals surface area contributed by atoms with E-state index in [1.165, 1.54) is 0 Å². The van der Waals surface area contributed by atoms with E-state index < -0.39 is 6.10 Å². The van der Waals surface area contributed by atoms with Gasteiger partial charge in [0.05, 0.1) is 0 Å². The Hall–Kier alpha value is -1.93. The predicted octanol–water partition coefficient (Wildman–Crippen LogP) is 2.87. The van der Waals surface area contributed by atoms with Crippen LogP contribution in [0, 0.1) is 0 Å². The minimum absolute atomic E-state index is 0.184. The number of aliphatic hydroxyl groups excluding tert-OH is 1. The van der Waals surface area contributed by atoms with Gasteiger partial charge in [-0.15, -0.1) is 13.2 Å². The van der Waals surface area contributed by atoms with Crippen molar-refractivity contribution in [3.8, 4) is 0 Å². The fourth-order valence-electron chi connectivity index (χ4n) is 2.09. The lowest BCUT2D eigenvalue weighted by Crippen LogP contribution is -2.03. The summed E-state index contributed by atoms with van der Waals surface area (Å²) in [5.41, 5.74) is 1.38. The van der Waals surface area contributed by atoms with Crippen molar-refractivity contribution in [2.45, 2.75) is 6.10 Å². The summed E-state index contributed by atoms with van der Waals surface area (Å²) in [6, 6.07) is 11.2. The highest BCUT2D eigenvalue weighted by molar-refractivity contribution is 6.17. The predicted molar refractivity (Wildman–Crippen MR) is 64.5 cm³/mol. The number of ketones is 1. The third-order valence-electron chi connectivity index (χ3n) is 2.75. The number of carbonyl (C=O) groups excluding carboxylic acids is 1. The maximum absolute atomic E-state index is 11.6. The van der Waals surface area contributed by atoms with Crippen LogP contribution in [0.3, 0.4) is 0 Å². The average molecular weight is 212 g/mol. The second kappa shape index (κ2) is 3.91. The highest BCUT2D eigenvalue weighted by Gasteiger charge is 2.30. The highest BCUT2D eigenvalue weighted by atomic mass is 16.3. The largest absolute Gasteiger partial charge is 0.380 e. The zero-order valence-corrected chi connectivity index (χ0v) is 8.81. The molecule has 80 valence electrons. The number of aliphatic hydroxyl groups is 1. The van der Waals surface area contributed by atoms with Crippen LogP contribution in [-0.4, -0.2) is 10.9 Å². The smallest absolute Gasteiger partial charge is 0.196 e. The number of Topliss-reactive ketones (excluding diaryl/α,β-unsaturated/α-hetero) is 1. The lowest BCUT2D eigenvalue weighted by molar-refractivity contribution is 0.0766. The van der Waals surface area contributed by atoms with Crippen LogP contribution >= 0.6 is 0 Å². The van der Waals surface area contributed by atoms with Gasteiger partial charge in [-0.1, -0.05) is 36.4 Å². The molecule has 16 heavy (non-hydrogen) atoms. The van der Waals surface area contributed by atoms with Gasteiger partial charge in [0, 0.05) is 5.56 Å². The van der Waals surface area contributed by atoms with Crippen LogP contribution < -0.4 is 0 Å². The van der Waals surface area contributed by atoms with Crippen LogP contribution in [0.25, 0.3) is 10.8 Å². The van der Waals surface area contributed by atoms with E-state index in [4.69, 9.17) is 0 Å². The summed E-state index contributed by atoms with van der Waals surface area (Å²) in [5.74, 6) is -0.184. The fourth-order valence-corrected chi connectivity index (χ4v) is 2.09. The van der Waals surface area contributed by atoms with Gasteiger partial charge in [-0.2, -0.15) is 0 Å². The van der Waals surface area contributed by atoms with E-state index in [2.05, 4.69) is 13.2 Å². The third kappa shape index (κ3) is 1.27. The van der Waals surface area contributed by atoms with E-state index in [0.717, 1.165) is 16.3 Å². The molecule has 0 aliphatic heterocycles. The first-order chi connectivity index (χ1) is 7.79. The molecule has 2 aromatic carbocycles. The molecule has 1 atom stereocenters. The van der Waals surface area contributed by atoms with Crippen molar-refractivity contribution in [2.75, 3.05) is 0 Å². The van der Waals surface area contributed by atoms with Gasteiger partial charge < -0.3 is 5.11 Å². The van der Waals surface area contributed by atoms with Crippen molar-refractivity contribution in [3.05, 3.63) is 60.7 Å². The number of carbonyl (C=O) groups is 1. The van der Waals surface area contributed by atoms with E-state index in [0.29, 0.717) is 5.56 Å². The molecule has 2 nitrogen and oxygen atoms in total. The van der Waals surface area contributed by atoms with Crippen LogP contribution in [-0.2, 0) is 0 Å². The van der Waals surface area contributed by atoms with E-state index in [1.807, 2.05) is 24.3 Å². The second-order valence-electron chi connectivity index (χ2n) is 3.52. The van der Waals surface area contributed by atoms with E-state index in [9.17, 15) is 9.90 Å². The zero-order chi connectivity index (χ0) is 11.7. The molecule has 0 amide bonds. The summed E-state index contributed by atoms with van der Waals surface area (Å²) in [6.07, 6.45) is -0.962. The molecule has 1 N–H and O–H groups in total. The molecule has 0 bridgehead atoms. The Labute approximate surface area is 93.8 Å². The number of hydrogen-bond donors (Lipinski definition) is 1. The minimum Gasteiger partial charge on any atom is -0.380 e. The van der Waals surface area contributed by atoms with E-state index in [1.54, 1.807) is 12.1 Å². The van der Waals surface area contributed by atoms with Crippen molar-refractivity contribution in [1.29, 1.82) is 0 Å². The summed E-state index contributed by atoms with van der Waals surface area (Å²) < 4.78 is 0. The van der Waals surface area contributed by atoms with Crippen molar-refractivity contribution in [1.82, 2.24) is 0 Å². The number of benzene rings is 2. The standard InChI is InChI=1S/C12H8O2.C2H4/c13-11-8-5-1-3-7-4-2-6-9(10(7)8)12(11)14;1-2/h1-6,11,13H;1-2H2. The Morgan fingerprint density at radius 2 is 1.69 bits per heavy atom. The molecule has 3 rings (SSSR count). The summed E-state index contributed by atoms with van der Waals surface area (Å²) in [4.78, 5) is 11.6. The first kappa shape index (κ1) is 10.6. The van der Waals surface area contributed by atoms with Crippen LogP contribution in [0.1, 0.15) is 22.0 Å². The molecular weight excluding hydrogens is 200 g/mol. The van der Waals surface area contributed by atoms with Gasteiger partial charge in [0.2, 0.25) is 0 Å². The Bertz CT molecular complexity index is 552. The Kier molecular flexibility index (Phi) is 2.59. The molecule has 2 heteroatoms. The molecule has 0 heterocycles. The molecule has 0 fully saturated rings. The summed E-state index contributed by atoms with van der Waals surface area (Å²) in [5, 5.41) is 11.6. The lowest BCUT2D eigenvalue weighted by Gasteiger charge is -2.00. The van der Waals surface area contributed by atoms with Gasteiger partial charge in [-0.3, -0.25) is 4.79 Å². The average Bonchev–Trinajstić information content (AvgIpc) is 2.60. The maximum atomic E-state index is 11.6. The van der Waals surface area contributed by atoms with Gasteiger partial charge >= 0.3 is 0 Å². The van der Waals surface area contributed by atoms with Gasteiger partial charge in [-0.05, 0) is 16.3 Å². The van der Waals surface area contributed by atoms with Crippen molar-refractivity contribution < 1.29 is 9.90 Å². The van der Waals surface area contributed by atoms with Gasteiger partial charge in [0.1, 0.15) is 6.10 Å². The molecule has 2 aromatic rings. The Morgan fingerprint density at radius 3 is 2.38 bits per heavy atom. The summed E-state index contributed by atoms with van der Waals surface area (Å²) in [7, 11) is 0.